The normalized spacial score (nSPS) is 12.7. The summed E-state index contributed by atoms with van der Waals surface area (Å²) in [5, 5.41) is 1.38. The molecular formula is C9H16O4S2. The summed E-state index contributed by atoms with van der Waals surface area (Å²) >= 11 is 0. The van der Waals surface area contributed by atoms with Gasteiger partial charge in [0, 0.05) is 10.8 Å². The van der Waals surface area contributed by atoms with Gasteiger partial charge >= 0.3 is 0 Å². The lowest BCUT2D eigenvalue weighted by Gasteiger charge is -2.12. The van der Waals surface area contributed by atoms with Crippen LogP contribution in [0.25, 0.3) is 0 Å². The van der Waals surface area contributed by atoms with Crippen LogP contribution in [-0.2, 0) is 19.7 Å². The molecular weight excluding hydrogens is 236 g/mol. The molecule has 0 saturated heterocycles. The predicted molar refractivity (Wildman–Crippen MR) is 61.5 cm³/mol. The maximum atomic E-state index is 11.5. The van der Waals surface area contributed by atoms with Crippen molar-refractivity contribution in [2.24, 2.45) is 0 Å². The van der Waals surface area contributed by atoms with Crippen molar-refractivity contribution >= 4 is 19.7 Å². The van der Waals surface area contributed by atoms with Gasteiger partial charge in [-0.05, 0) is 6.42 Å². The molecule has 88 valence electrons. The molecule has 0 spiro atoms. The number of hydrogen-bond donors (Lipinski definition) is 0. The highest BCUT2D eigenvalue weighted by atomic mass is 32.3. The number of unbranched alkanes of at least 4 members (excludes halogenated alkanes) is 1. The van der Waals surface area contributed by atoms with E-state index in [1.54, 1.807) is 0 Å². The van der Waals surface area contributed by atoms with Crippen LogP contribution in [0.3, 0.4) is 0 Å². The molecule has 0 bridgehead atoms. The van der Waals surface area contributed by atoms with Gasteiger partial charge in [0.1, 0.15) is 0 Å². The van der Waals surface area contributed by atoms with Crippen LogP contribution in [0.5, 0.6) is 0 Å². The Hall–Kier alpha value is -0.620. The second kappa shape index (κ2) is 5.46. The third-order valence-corrected chi connectivity index (χ3v) is 6.47. The van der Waals surface area contributed by atoms with Crippen molar-refractivity contribution in [2.75, 3.05) is 0 Å². The van der Waals surface area contributed by atoms with E-state index < -0.39 is 24.3 Å². The van der Waals surface area contributed by atoms with Crippen LogP contribution in [0.15, 0.2) is 24.0 Å². The van der Waals surface area contributed by atoms with Gasteiger partial charge in [0.2, 0.25) is 0 Å². The van der Waals surface area contributed by atoms with Crippen molar-refractivity contribution in [3.63, 3.8) is 0 Å². The molecule has 0 aliphatic heterocycles. The first-order valence-electron chi connectivity index (χ1n) is 4.54. The zero-order chi connectivity index (χ0) is 12.1. The van der Waals surface area contributed by atoms with Crippen molar-refractivity contribution in [3.05, 3.63) is 24.0 Å². The highest BCUT2D eigenvalue weighted by Gasteiger charge is 2.32. The van der Waals surface area contributed by atoms with Gasteiger partial charge < -0.3 is 0 Å². The van der Waals surface area contributed by atoms with Crippen LogP contribution in [0.2, 0.25) is 0 Å². The van der Waals surface area contributed by atoms with Gasteiger partial charge in [-0.2, -0.15) is 0 Å². The molecule has 0 saturated carbocycles. The summed E-state index contributed by atoms with van der Waals surface area (Å²) in [5.74, 6) is 0. The molecule has 6 heteroatoms. The highest BCUT2D eigenvalue weighted by Crippen LogP contribution is 2.19. The Bertz CT molecular complexity index is 379. The Morgan fingerprint density at radius 1 is 1.07 bits per heavy atom. The zero-order valence-corrected chi connectivity index (χ0v) is 10.4. The molecule has 0 heterocycles. The van der Waals surface area contributed by atoms with E-state index in [4.69, 9.17) is 0 Å². The standard InChI is InChI=1S/C9H16O4S2/c1-4-7-8-9(14(10,11)5-2)15(12,13)6-3/h5-6,9H,2-4,7-8H2,1H3. The molecule has 0 aliphatic carbocycles. The van der Waals surface area contributed by atoms with Gasteiger partial charge in [0.15, 0.2) is 24.3 Å². The molecule has 0 amide bonds. The molecule has 0 fully saturated rings. The monoisotopic (exact) mass is 252 g/mol. The predicted octanol–water partition coefficient (Wildman–Crippen LogP) is 1.62. The second-order valence-electron chi connectivity index (χ2n) is 3.08. The molecule has 0 unspecified atom stereocenters. The van der Waals surface area contributed by atoms with Crippen LogP contribution in [0.4, 0.5) is 0 Å². The minimum Gasteiger partial charge on any atom is -0.223 e. The summed E-state index contributed by atoms with van der Waals surface area (Å²) < 4.78 is 44.4. The SMILES string of the molecule is C=CS(=O)(=O)C(CCCC)S(=O)(=O)C=C. The Morgan fingerprint density at radius 3 is 1.73 bits per heavy atom. The van der Waals surface area contributed by atoms with Crippen molar-refractivity contribution in [2.45, 2.75) is 30.8 Å². The van der Waals surface area contributed by atoms with Crippen LogP contribution in [0, 0.1) is 0 Å². The van der Waals surface area contributed by atoms with Crippen LogP contribution < -0.4 is 0 Å². The number of sulfone groups is 2. The Kier molecular flexibility index (Phi) is 5.23. The number of rotatable bonds is 7. The highest BCUT2D eigenvalue weighted by molar-refractivity contribution is 8.11. The van der Waals surface area contributed by atoms with E-state index in [0.29, 0.717) is 17.2 Å². The molecule has 0 aromatic carbocycles. The summed E-state index contributed by atoms with van der Waals surface area (Å²) in [5.41, 5.74) is 0. The van der Waals surface area contributed by atoms with E-state index in [0.717, 1.165) is 6.42 Å². The fraction of sp³-hybridized carbons (Fsp3) is 0.556. The molecule has 0 aliphatic rings. The lowest BCUT2D eigenvalue weighted by molar-refractivity contribution is 0.574. The van der Waals surface area contributed by atoms with Gasteiger partial charge in [0.05, 0.1) is 0 Å². The van der Waals surface area contributed by atoms with E-state index in [-0.39, 0.29) is 6.42 Å². The van der Waals surface area contributed by atoms with Gasteiger partial charge in [-0.15, -0.1) is 0 Å². The summed E-state index contributed by atoms with van der Waals surface area (Å²) in [4.78, 5) is 0. The van der Waals surface area contributed by atoms with Crippen molar-refractivity contribution in [1.82, 2.24) is 0 Å². The van der Waals surface area contributed by atoms with E-state index in [2.05, 4.69) is 13.2 Å². The third-order valence-electron chi connectivity index (χ3n) is 1.99. The Labute approximate surface area is 91.5 Å². The Balaban J connectivity index is 5.26. The van der Waals surface area contributed by atoms with Crippen LogP contribution >= 0.6 is 0 Å². The fourth-order valence-corrected chi connectivity index (χ4v) is 4.49. The first-order valence-corrected chi connectivity index (χ1v) is 7.76. The molecule has 15 heavy (non-hydrogen) atoms. The van der Waals surface area contributed by atoms with E-state index in [9.17, 15) is 16.8 Å². The summed E-state index contributed by atoms with van der Waals surface area (Å²) in [6.45, 7) is 8.10. The van der Waals surface area contributed by atoms with Gasteiger partial charge in [-0.1, -0.05) is 32.9 Å². The van der Waals surface area contributed by atoms with Gasteiger partial charge in [0.25, 0.3) is 0 Å². The largest absolute Gasteiger partial charge is 0.223 e. The van der Waals surface area contributed by atoms with Gasteiger partial charge in [-0.25, -0.2) is 16.8 Å². The summed E-state index contributed by atoms with van der Waals surface area (Å²) in [6, 6.07) is 0. The van der Waals surface area contributed by atoms with Crippen molar-refractivity contribution in [3.8, 4) is 0 Å². The lowest BCUT2D eigenvalue weighted by Crippen LogP contribution is -2.27. The summed E-state index contributed by atoms with van der Waals surface area (Å²) in [7, 11) is -7.60. The molecule has 0 radical (unpaired) electrons. The first kappa shape index (κ1) is 14.4. The first-order chi connectivity index (χ1) is 6.81. The smallest absolute Gasteiger partial charge is 0.188 e. The maximum absolute atomic E-state index is 11.5. The minimum absolute atomic E-state index is 0.0825. The molecule has 0 aromatic heterocycles. The molecule has 4 nitrogen and oxygen atoms in total. The average molecular weight is 252 g/mol. The van der Waals surface area contributed by atoms with E-state index in [1.807, 2.05) is 6.92 Å². The number of hydrogen-bond acceptors (Lipinski definition) is 4. The molecule has 0 atom stereocenters. The molecule has 0 N–H and O–H groups in total. The minimum atomic E-state index is -3.80. The molecule has 0 aromatic rings. The lowest BCUT2D eigenvalue weighted by atomic mass is 10.3. The quantitative estimate of drug-likeness (QED) is 0.690. The van der Waals surface area contributed by atoms with Gasteiger partial charge in [-0.3, -0.25) is 0 Å². The van der Waals surface area contributed by atoms with E-state index >= 15 is 0 Å². The third kappa shape index (κ3) is 3.79. The second-order valence-corrected chi connectivity index (χ2v) is 7.54. The fourth-order valence-electron chi connectivity index (χ4n) is 1.10. The average Bonchev–Trinajstić information content (AvgIpc) is 2.18. The van der Waals surface area contributed by atoms with Crippen LogP contribution in [0.1, 0.15) is 26.2 Å². The maximum Gasteiger partial charge on any atom is 0.188 e. The molecule has 0 rings (SSSR count). The van der Waals surface area contributed by atoms with E-state index in [1.165, 1.54) is 0 Å². The van der Waals surface area contributed by atoms with Crippen molar-refractivity contribution in [1.29, 1.82) is 0 Å². The summed E-state index contributed by atoms with van der Waals surface area (Å²) in [6.07, 6.45) is 1.35. The Morgan fingerprint density at radius 2 is 1.47 bits per heavy atom. The van der Waals surface area contributed by atoms with Crippen LogP contribution in [-0.4, -0.2) is 21.4 Å². The topological polar surface area (TPSA) is 68.3 Å². The van der Waals surface area contributed by atoms with Crippen molar-refractivity contribution < 1.29 is 16.8 Å². The zero-order valence-electron chi connectivity index (χ0n) is 8.72.